The Kier molecular flexibility index (Phi) is 6.26. The van der Waals surface area contributed by atoms with Crippen LogP contribution in [0.3, 0.4) is 0 Å². The highest BCUT2D eigenvalue weighted by Crippen LogP contribution is 2.19. The molecule has 1 aliphatic carbocycles. The molecule has 0 unspecified atom stereocenters. The molecule has 2 fully saturated rings. The van der Waals surface area contributed by atoms with Gasteiger partial charge in [0.25, 0.3) is 0 Å². The van der Waals surface area contributed by atoms with Gasteiger partial charge in [-0.2, -0.15) is 0 Å². The topological polar surface area (TPSA) is 58.6 Å². The van der Waals surface area contributed by atoms with E-state index in [0.29, 0.717) is 18.5 Å². The first-order valence-electron chi connectivity index (χ1n) is 7.83. The van der Waals surface area contributed by atoms with Crippen LogP contribution >= 0.6 is 0 Å². The zero-order valence-electron chi connectivity index (χ0n) is 12.5. The summed E-state index contributed by atoms with van der Waals surface area (Å²) in [5.41, 5.74) is 0. The molecule has 0 bridgehead atoms. The van der Waals surface area contributed by atoms with Gasteiger partial charge >= 0.3 is 0 Å². The van der Waals surface area contributed by atoms with Crippen molar-refractivity contribution in [1.82, 2.24) is 9.62 Å². The van der Waals surface area contributed by atoms with E-state index < -0.39 is 10.0 Å². The zero-order chi connectivity index (χ0) is 14.4. The lowest BCUT2D eigenvalue weighted by Gasteiger charge is -2.26. The number of nitrogens with zero attached hydrogens (tertiary/aromatic N) is 1. The van der Waals surface area contributed by atoms with Crippen molar-refractivity contribution in [3.05, 3.63) is 0 Å². The van der Waals surface area contributed by atoms with Gasteiger partial charge in [-0.3, -0.25) is 0 Å². The van der Waals surface area contributed by atoms with E-state index in [0.717, 1.165) is 45.4 Å². The van der Waals surface area contributed by atoms with Crippen LogP contribution in [0.25, 0.3) is 0 Å². The summed E-state index contributed by atoms with van der Waals surface area (Å²) in [5, 5.41) is 3.42. The minimum absolute atomic E-state index is 0.277. The van der Waals surface area contributed by atoms with Gasteiger partial charge in [0.1, 0.15) is 0 Å². The second kappa shape index (κ2) is 7.73. The van der Waals surface area contributed by atoms with E-state index in [-0.39, 0.29) is 5.75 Å². The molecule has 6 heteroatoms. The second-order valence-electron chi connectivity index (χ2n) is 6.09. The molecule has 0 aromatic heterocycles. The number of hydrogen-bond donors (Lipinski definition) is 1. The summed E-state index contributed by atoms with van der Waals surface area (Å²) in [6, 6.07) is 0.711. The van der Waals surface area contributed by atoms with Crippen LogP contribution in [-0.2, 0) is 14.8 Å². The average molecular weight is 304 g/mol. The lowest BCUT2D eigenvalue weighted by molar-refractivity contribution is 0.0620. The van der Waals surface area contributed by atoms with Crippen molar-refractivity contribution in [2.75, 3.05) is 39.1 Å². The maximum absolute atomic E-state index is 12.2. The molecule has 2 rings (SSSR count). The Balaban J connectivity index is 1.62. The fraction of sp³-hybridized carbons (Fsp3) is 1.00. The Morgan fingerprint density at radius 3 is 2.50 bits per heavy atom. The Hall–Kier alpha value is -0.170. The summed E-state index contributed by atoms with van der Waals surface area (Å²) >= 11 is 0. The Labute approximate surface area is 123 Å². The molecule has 0 radical (unpaired) electrons. The fourth-order valence-electron chi connectivity index (χ4n) is 2.57. The number of hydrogen-bond acceptors (Lipinski definition) is 4. The highest BCUT2D eigenvalue weighted by atomic mass is 32.2. The molecule has 0 aromatic rings. The van der Waals surface area contributed by atoms with Crippen molar-refractivity contribution >= 4 is 10.0 Å². The smallest absolute Gasteiger partial charge is 0.213 e. The van der Waals surface area contributed by atoms with Crippen molar-refractivity contribution in [2.24, 2.45) is 5.92 Å². The van der Waals surface area contributed by atoms with Gasteiger partial charge in [0, 0.05) is 32.8 Å². The van der Waals surface area contributed by atoms with Crippen molar-refractivity contribution in [2.45, 2.75) is 44.6 Å². The summed E-state index contributed by atoms with van der Waals surface area (Å²) in [4.78, 5) is 0. The molecule has 2 aliphatic rings. The predicted molar refractivity (Wildman–Crippen MR) is 80.2 cm³/mol. The Bertz CT molecular complexity index is 376. The SMILES string of the molecule is CN(CC1CCOCC1)S(=O)(=O)CCCCNC1CC1. The van der Waals surface area contributed by atoms with Crippen molar-refractivity contribution in [1.29, 1.82) is 0 Å². The van der Waals surface area contributed by atoms with Crippen LogP contribution < -0.4 is 5.32 Å². The fourth-order valence-corrected chi connectivity index (χ4v) is 3.88. The standard InChI is InChI=1S/C14H28N2O3S/c1-16(12-13-6-9-19-10-7-13)20(17,18)11-3-2-8-15-14-4-5-14/h13-15H,2-12H2,1H3. The van der Waals surface area contributed by atoms with Gasteiger partial charge in [-0.05, 0) is 51.0 Å². The van der Waals surface area contributed by atoms with E-state index in [9.17, 15) is 8.42 Å². The van der Waals surface area contributed by atoms with E-state index in [1.165, 1.54) is 12.8 Å². The van der Waals surface area contributed by atoms with E-state index in [2.05, 4.69) is 5.32 Å². The summed E-state index contributed by atoms with van der Waals surface area (Å²) in [6.07, 6.45) is 6.22. The zero-order valence-corrected chi connectivity index (χ0v) is 13.3. The molecule has 0 spiro atoms. The summed E-state index contributed by atoms with van der Waals surface area (Å²) < 4.78 is 31.2. The molecule has 0 amide bonds. The van der Waals surface area contributed by atoms with Crippen LogP contribution in [0.5, 0.6) is 0 Å². The number of ether oxygens (including phenoxy) is 1. The number of nitrogens with one attached hydrogen (secondary N) is 1. The highest BCUT2D eigenvalue weighted by Gasteiger charge is 2.23. The van der Waals surface area contributed by atoms with E-state index in [1.807, 2.05) is 0 Å². The number of unbranched alkanes of at least 4 members (excludes halogenated alkanes) is 1. The molecule has 5 nitrogen and oxygen atoms in total. The maximum atomic E-state index is 12.2. The van der Waals surface area contributed by atoms with Crippen LogP contribution in [0.2, 0.25) is 0 Å². The van der Waals surface area contributed by atoms with Crippen molar-refractivity contribution < 1.29 is 13.2 Å². The molecule has 20 heavy (non-hydrogen) atoms. The van der Waals surface area contributed by atoms with E-state index >= 15 is 0 Å². The molecular weight excluding hydrogens is 276 g/mol. The van der Waals surface area contributed by atoms with E-state index in [1.54, 1.807) is 11.4 Å². The van der Waals surface area contributed by atoms with Gasteiger partial charge in [0.2, 0.25) is 10.0 Å². The highest BCUT2D eigenvalue weighted by molar-refractivity contribution is 7.89. The van der Waals surface area contributed by atoms with Gasteiger partial charge in [0.05, 0.1) is 5.75 Å². The quantitative estimate of drug-likeness (QED) is 0.651. The van der Waals surface area contributed by atoms with Crippen LogP contribution in [-0.4, -0.2) is 57.9 Å². The van der Waals surface area contributed by atoms with Crippen molar-refractivity contribution in [3.8, 4) is 0 Å². The van der Waals surface area contributed by atoms with Gasteiger partial charge in [-0.15, -0.1) is 0 Å². The molecule has 1 N–H and O–H groups in total. The first-order chi connectivity index (χ1) is 9.58. The minimum Gasteiger partial charge on any atom is -0.381 e. The van der Waals surface area contributed by atoms with Crippen LogP contribution in [0.15, 0.2) is 0 Å². The third kappa shape index (κ3) is 5.68. The first kappa shape index (κ1) is 16.2. The van der Waals surface area contributed by atoms with Crippen LogP contribution in [0.1, 0.15) is 38.5 Å². The first-order valence-corrected chi connectivity index (χ1v) is 9.44. The van der Waals surface area contributed by atoms with Gasteiger partial charge in [0.15, 0.2) is 0 Å². The average Bonchev–Trinajstić information content (AvgIpc) is 3.23. The molecule has 0 aromatic carbocycles. The van der Waals surface area contributed by atoms with Gasteiger partial charge < -0.3 is 10.1 Å². The molecule has 0 atom stereocenters. The molecular formula is C14H28N2O3S. The minimum atomic E-state index is -3.08. The monoisotopic (exact) mass is 304 g/mol. The molecule has 1 heterocycles. The summed E-state index contributed by atoms with van der Waals surface area (Å²) in [5.74, 6) is 0.735. The van der Waals surface area contributed by atoms with Crippen LogP contribution in [0.4, 0.5) is 0 Å². The molecule has 118 valence electrons. The molecule has 1 saturated heterocycles. The molecule has 1 aliphatic heterocycles. The summed E-state index contributed by atoms with van der Waals surface area (Å²) in [6.45, 7) is 3.13. The summed E-state index contributed by atoms with van der Waals surface area (Å²) in [7, 11) is -1.36. The Morgan fingerprint density at radius 2 is 1.85 bits per heavy atom. The van der Waals surface area contributed by atoms with Crippen LogP contribution in [0, 0.1) is 5.92 Å². The lowest BCUT2D eigenvalue weighted by Crippen LogP contribution is -2.35. The third-order valence-corrected chi connectivity index (χ3v) is 6.07. The van der Waals surface area contributed by atoms with E-state index in [4.69, 9.17) is 4.74 Å². The van der Waals surface area contributed by atoms with Gasteiger partial charge in [-0.1, -0.05) is 0 Å². The largest absolute Gasteiger partial charge is 0.381 e. The molecule has 1 saturated carbocycles. The maximum Gasteiger partial charge on any atom is 0.213 e. The van der Waals surface area contributed by atoms with Gasteiger partial charge in [-0.25, -0.2) is 12.7 Å². The Morgan fingerprint density at radius 1 is 1.15 bits per heavy atom. The second-order valence-corrected chi connectivity index (χ2v) is 8.28. The normalized spacial score (nSPS) is 21.5. The predicted octanol–water partition coefficient (Wildman–Crippen LogP) is 1.21. The third-order valence-electron chi connectivity index (χ3n) is 4.17. The van der Waals surface area contributed by atoms with Crippen molar-refractivity contribution in [3.63, 3.8) is 0 Å². The number of rotatable bonds is 9. The number of sulfonamides is 1. The lowest BCUT2D eigenvalue weighted by atomic mass is 10.0.